The molecule has 0 aliphatic heterocycles. The van der Waals surface area contributed by atoms with E-state index in [1.54, 1.807) is 34.4 Å². The number of hydrogen-bond donors (Lipinski definition) is 0. The Bertz CT molecular complexity index is 876. The Kier molecular flexibility index (Phi) is 3.73. The SMILES string of the molecule is Cc1oc(-c2cccs2)nc1CSc1nc2ccccc2s1. The summed E-state index contributed by atoms with van der Waals surface area (Å²) in [6.07, 6.45) is 0. The molecule has 3 heterocycles. The van der Waals surface area contributed by atoms with Gasteiger partial charge in [0.1, 0.15) is 5.76 Å². The molecule has 22 heavy (non-hydrogen) atoms. The summed E-state index contributed by atoms with van der Waals surface area (Å²) in [6, 6.07) is 12.3. The average molecular weight is 344 g/mol. The molecular formula is C16H12N2OS3. The molecule has 0 atom stereocenters. The third-order valence-corrected chi connectivity index (χ3v) is 6.28. The Hall–Kier alpha value is -1.63. The van der Waals surface area contributed by atoms with E-state index in [1.165, 1.54) is 4.70 Å². The van der Waals surface area contributed by atoms with Crippen LogP contribution in [0.3, 0.4) is 0 Å². The van der Waals surface area contributed by atoms with E-state index in [9.17, 15) is 0 Å². The number of thiophene rings is 1. The Morgan fingerprint density at radius 2 is 2.05 bits per heavy atom. The summed E-state index contributed by atoms with van der Waals surface area (Å²) < 4.78 is 8.07. The first-order valence-electron chi connectivity index (χ1n) is 6.78. The van der Waals surface area contributed by atoms with E-state index in [-0.39, 0.29) is 0 Å². The van der Waals surface area contributed by atoms with Crippen molar-refractivity contribution in [3.8, 4) is 10.8 Å². The van der Waals surface area contributed by atoms with E-state index in [0.29, 0.717) is 5.89 Å². The summed E-state index contributed by atoms with van der Waals surface area (Å²) in [7, 11) is 0. The van der Waals surface area contributed by atoms with Crippen LogP contribution in [0.15, 0.2) is 50.5 Å². The normalized spacial score (nSPS) is 11.3. The van der Waals surface area contributed by atoms with Gasteiger partial charge in [-0.2, -0.15) is 0 Å². The molecule has 3 aromatic heterocycles. The number of thiazole rings is 1. The minimum atomic E-state index is 0.715. The highest BCUT2D eigenvalue weighted by Crippen LogP contribution is 2.33. The van der Waals surface area contributed by atoms with Gasteiger partial charge in [0.25, 0.3) is 0 Å². The second kappa shape index (κ2) is 5.87. The van der Waals surface area contributed by atoms with Crippen LogP contribution in [0.5, 0.6) is 0 Å². The number of aromatic nitrogens is 2. The third-order valence-electron chi connectivity index (χ3n) is 3.23. The summed E-state index contributed by atoms with van der Waals surface area (Å²) in [6.45, 7) is 1.97. The summed E-state index contributed by atoms with van der Waals surface area (Å²) in [5.74, 6) is 2.38. The second-order valence-corrected chi connectivity index (χ2v) is 7.94. The van der Waals surface area contributed by atoms with Gasteiger partial charge in [0, 0.05) is 5.75 Å². The number of hydrogen-bond acceptors (Lipinski definition) is 6. The fourth-order valence-corrected chi connectivity index (χ4v) is 4.83. The van der Waals surface area contributed by atoms with Crippen molar-refractivity contribution in [3.63, 3.8) is 0 Å². The first-order valence-corrected chi connectivity index (χ1v) is 9.46. The van der Waals surface area contributed by atoms with Gasteiger partial charge in [-0.25, -0.2) is 9.97 Å². The fourth-order valence-electron chi connectivity index (χ4n) is 2.11. The molecule has 0 aliphatic rings. The van der Waals surface area contributed by atoms with Gasteiger partial charge >= 0.3 is 0 Å². The Balaban J connectivity index is 1.54. The largest absolute Gasteiger partial charge is 0.440 e. The smallest absolute Gasteiger partial charge is 0.236 e. The lowest BCUT2D eigenvalue weighted by Crippen LogP contribution is -1.83. The molecule has 0 fully saturated rings. The van der Waals surface area contributed by atoms with Crippen molar-refractivity contribution in [2.24, 2.45) is 0 Å². The van der Waals surface area contributed by atoms with Crippen LogP contribution in [0.2, 0.25) is 0 Å². The van der Waals surface area contributed by atoms with Crippen molar-refractivity contribution in [1.82, 2.24) is 9.97 Å². The maximum atomic E-state index is 5.78. The zero-order chi connectivity index (χ0) is 14.9. The molecule has 0 bridgehead atoms. The molecule has 0 unspecified atom stereocenters. The zero-order valence-electron chi connectivity index (χ0n) is 11.8. The fraction of sp³-hybridized carbons (Fsp3) is 0.125. The number of nitrogens with zero attached hydrogens (tertiary/aromatic N) is 2. The van der Waals surface area contributed by atoms with Crippen molar-refractivity contribution in [2.75, 3.05) is 0 Å². The summed E-state index contributed by atoms with van der Waals surface area (Å²) in [5, 5.41) is 2.03. The van der Waals surface area contributed by atoms with Gasteiger partial charge in [0.2, 0.25) is 5.89 Å². The number of rotatable bonds is 4. The molecule has 0 radical (unpaired) electrons. The Labute approximate surface area is 140 Å². The van der Waals surface area contributed by atoms with E-state index in [0.717, 1.165) is 31.9 Å². The highest BCUT2D eigenvalue weighted by Gasteiger charge is 2.13. The maximum Gasteiger partial charge on any atom is 0.236 e. The van der Waals surface area contributed by atoms with Crippen molar-refractivity contribution in [2.45, 2.75) is 17.0 Å². The number of aryl methyl sites for hydroxylation is 1. The van der Waals surface area contributed by atoms with E-state index in [2.05, 4.69) is 16.0 Å². The first-order chi connectivity index (χ1) is 10.8. The lowest BCUT2D eigenvalue weighted by Gasteiger charge is -1.93. The minimum absolute atomic E-state index is 0.715. The molecule has 0 spiro atoms. The van der Waals surface area contributed by atoms with Crippen LogP contribution in [0.4, 0.5) is 0 Å². The summed E-state index contributed by atoms with van der Waals surface area (Å²) in [4.78, 5) is 10.3. The molecule has 0 saturated carbocycles. The third kappa shape index (κ3) is 2.69. The zero-order valence-corrected chi connectivity index (χ0v) is 14.2. The monoisotopic (exact) mass is 344 g/mol. The number of benzene rings is 1. The molecule has 6 heteroatoms. The lowest BCUT2D eigenvalue weighted by molar-refractivity contribution is 0.542. The molecule has 0 aliphatic carbocycles. The highest BCUT2D eigenvalue weighted by atomic mass is 32.2. The molecule has 4 rings (SSSR count). The predicted molar refractivity (Wildman–Crippen MR) is 93.7 cm³/mol. The van der Waals surface area contributed by atoms with Gasteiger partial charge in [0.05, 0.1) is 20.8 Å². The van der Waals surface area contributed by atoms with Crippen LogP contribution < -0.4 is 0 Å². The van der Waals surface area contributed by atoms with E-state index in [4.69, 9.17) is 4.42 Å². The number of thioether (sulfide) groups is 1. The second-order valence-electron chi connectivity index (χ2n) is 4.74. The van der Waals surface area contributed by atoms with Crippen LogP contribution >= 0.6 is 34.4 Å². The standard InChI is InChI=1S/C16H12N2OS3/c1-10-12(17-15(19-10)14-7-4-8-20-14)9-21-16-18-11-5-2-3-6-13(11)22-16/h2-8H,9H2,1H3. The molecule has 1 aromatic carbocycles. The van der Waals surface area contributed by atoms with Gasteiger partial charge in [-0.15, -0.1) is 22.7 Å². The average Bonchev–Trinajstić information content (AvgIpc) is 3.24. The quantitative estimate of drug-likeness (QED) is 0.451. The van der Waals surface area contributed by atoms with Gasteiger partial charge in [-0.3, -0.25) is 0 Å². The van der Waals surface area contributed by atoms with Gasteiger partial charge in [0.15, 0.2) is 4.34 Å². The summed E-state index contributed by atoms with van der Waals surface area (Å²) in [5.41, 5.74) is 2.05. The van der Waals surface area contributed by atoms with Gasteiger partial charge in [-0.05, 0) is 30.5 Å². The van der Waals surface area contributed by atoms with Crippen LogP contribution in [0.25, 0.3) is 21.0 Å². The first kappa shape index (κ1) is 14.0. The highest BCUT2D eigenvalue weighted by molar-refractivity contribution is 8.00. The maximum absolute atomic E-state index is 5.78. The number of para-hydroxylation sites is 1. The molecule has 4 aromatic rings. The van der Waals surface area contributed by atoms with Crippen molar-refractivity contribution >= 4 is 44.7 Å². The summed E-state index contributed by atoms with van der Waals surface area (Å²) >= 11 is 5.08. The molecular weight excluding hydrogens is 332 g/mol. The topological polar surface area (TPSA) is 38.9 Å². The minimum Gasteiger partial charge on any atom is -0.440 e. The van der Waals surface area contributed by atoms with E-state index < -0.39 is 0 Å². The van der Waals surface area contributed by atoms with Gasteiger partial charge in [-0.1, -0.05) is 30.0 Å². The van der Waals surface area contributed by atoms with Gasteiger partial charge < -0.3 is 4.42 Å². The molecule has 0 amide bonds. The predicted octanol–water partition coefficient (Wildman–Crippen LogP) is 5.61. The molecule has 0 N–H and O–H groups in total. The van der Waals surface area contributed by atoms with E-state index in [1.807, 2.05) is 42.6 Å². The Morgan fingerprint density at radius 1 is 1.14 bits per heavy atom. The van der Waals surface area contributed by atoms with Crippen LogP contribution in [-0.4, -0.2) is 9.97 Å². The Morgan fingerprint density at radius 3 is 2.86 bits per heavy atom. The van der Waals surface area contributed by atoms with E-state index >= 15 is 0 Å². The molecule has 110 valence electrons. The van der Waals surface area contributed by atoms with Crippen molar-refractivity contribution in [1.29, 1.82) is 0 Å². The number of oxazole rings is 1. The van der Waals surface area contributed by atoms with Crippen LogP contribution in [0.1, 0.15) is 11.5 Å². The van der Waals surface area contributed by atoms with Crippen LogP contribution in [0, 0.1) is 6.92 Å². The van der Waals surface area contributed by atoms with Crippen LogP contribution in [-0.2, 0) is 5.75 Å². The lowest BCUT2D eigenvalue weighted by atomic mass is 10.3. The van der Waals surface area contributed by atoms with Crippen molar-refractivity contribution in [3.05, 3.63) is 53.2 Å². The molecule has 3 nitrogen and oxygen atoms in total. The molecule has 0 saturated heterocycles. The van der Waals surface area contributed by atoms with Crippen molar-refractivity contribution < 1.29 is 4.42 Å². The number of fused-ring (bicyclic) bond motifs is 1.